The maximum absolute atomic E-state index is 12.5. The van der Waals surface area contributed by atoms with E-state index in [1.54, 1.807) is 5.57 Å². The van der Waals surface area contributed by atoms with E-state index in [0.29, 0.717) is 37.3 Å². The zero-order valence-corrected chi connectivity index (χ0v) is 28.5. The Hall–Kier alpha value is -3.00. The summed E-state index contributed by atoms with van der Waals surface area (Å²) in [6.07, 6.45) is 23.2. The molecule has 3 fully saturated rings. The van der Waals surface area contributed by atoms with Crippen molar-refractivity contribution in [1.29, 1.82) is 0 Å². The van der Waals surface area contributed by atoms with Crippen LogP contribution < -0.4 is 10.6 Å². The lowest BCUT2D eigenvalue weighted by molar-refractivity contribution is -0.137. The topological polar surface area (TPSA) is 105 Å². The van der Waals surface area contributed by atoms with E-state index in [-0.39, 0.29) is 48.7 Å². The highest BCUT2D eigenvalue weighted by molar-refractivity contribution is 6.13. The molecule has 5 atom stereocenters. The van der Waals surface area contributed by atoms with Gasteiger partial charge in [0.1, 0.15) is 0 Å². The van der Waals surface area contributed by atoms with Crippen molar-refractivity contribution in [3.8, 4) is 0 Å². The van der Waals surface area contributed by atoms with Gasteiger partial charge in [-0.05, 0) is 114 Å². The van der Waals surface area contributed by atoms with Crippen LogP contribution in [0.1, 0.15) is 117 Å². The summed E-state index contributed by atoms with van der Waals surface area (Å²) in [7, 11) is 0. The van der Waals surface area contributed by atoms with Gasteiger partial charge in [0.2, 0.25) is 11.8 Å². The van der Waals surface area contributed by atoms with Gasteiger partial charge in [-0.1, -0.05) is 43.2 Å². The molecule has 0 radical (unpaired) electrons. The first kappa shape index (κ1) is 35.8. The lowest BCUT2D eigenvalue weighted by Crippen LogP contribution is -2.40. The third kappa shape index (κ3) is 10.00. The van der Waals surface area contributed by atoms with E-state index in [4.69, 9.17) is 4.74 Å². The first-order valence-electron chi connectivity index (χ1n) is 17.9. The predicted molar refractivity (Wildman–Crippen MR) is 182 cm³/mol. The van der Waals surface area contributed by atoms with Gasteiger partial charge >= 0.3 is 0 Å². The molecule has 8 heteroatoms. The lowest BCUT2D eigenvalue weighted by atomic mass is 9.62. The molecule has 0 aromatic carbocycles. The Bertz CT molecular complexity index is 1200. The number of unbranched alkanes of at least 4 members (excludes halogenated alkanes) is 1. The van der Waals surface area contributed by atoms with Gasteiger partial charge in [-0.2, -0.15) is 0 Å². The van der Waals surface area contributed by atoms with Gasteiger partial charge in [-0.15, -0.1) is 0 Å². The molecule has 1 heterocycles. The van der Waals surface area contributed by atoms with Crippen molar-refractivity contribution in [2.24, 2.45) is 17.3 Å². The van der Waals surface area contributed by atoms with E-state index >= 15 is 0 Å². The lowest BCUT2D eigenvalue weighted by Gasteiger charge is -2.42. The fourth-order valence-corrected chi connectivity index (χ4v) is 8.05. The SMILES string of the molecule is C=C1CCCC/C1=C/C=C1\CCCC2(C)C(CCCCC(=O)NCCC(C)OCC(C)NC(=O)CCN3C(=O)C=CC3=O)CCC12. The van der Waals surface area contributed by atoms with E-state index < -0.39 is 0 Å². The van der Waals surface area contributed by atoms with Crippen LogP contribution in [0.4, 0.5) is 0 Å². The van der Waals surface area contributed by atoms with E-state index in [1.165, 1.54) is 81.1 Å². The predicted octanol–water partition coefficient (Wildman–Crippen LogP) is 6.48. The summed E-state index contributed by atoms with van der Waals surface area (Å²) in [6.45, 7) is 11.6. The van der Waals surface area contributed by atoms with E-state index in [1.807, 2.05) is 13.8 Å². The molecule has 3 aliphatic carbocycles. The summed E-state index contributed by atoms with van der Waals surface area (Å²) in [4.78, 5) is 48.9. The molecule has 0 aromatic rings. The second-order valence-corrected chi connectivity index (χ2v) is 14.3. The second-order valence-electron chi connectivity index (χ2n) is 14.3. The van der Waals surface area contributed by atoms with Gasteiger partial charge in [0, 0.05) is 44.1 Å². The molecule has 0 saturated heterocycles. The number of carbonyl (C=O) groups is 4. The summed E-state index contributed by atoms with van der Waals surface area (Å²) < 4.78 is 5.86. The Balaban J connectivity index is 1.06. The van der Waals surface area contributed by atoms with Crippen LogP contribution in [0.2, 0.25) is 0 Å². The van der Waals surface area contributed by atoms with E-state index in [2.05, 4.69) is 36.3 Å². The molecular formula is C38H57N3O5. The number of fused-ring (bicyclic) bond motifs is 1. The molecule has 0 aromatic heterocycles. The summed E-state index contributed by atoms with van der Waals surface area (Å²) in [5, 5.41) is 5.88. The van der Waals surface area contributed by atoms with Crippen molar-refractivity contribution in [3.05, 3.63) is 47.6 Å². The van der Waals surface area contributed by atoms with Gasteiger partial charge in [0.15, 0.2) is 0 Å². The molecule has 4 amide bonds. The first-order chi connectivity index (χ1) is 22.1. The Morgan fingerprint density at radius 1 is 1.02 bits per heavy atom. The highest BCUT2D eigenvalue weighted by atomic mass is 16.5. The molecule has 5 unspecified atom stereocenters. The minimum Gasteiger partial charge on any atom is -0.376 e. The number of rotatable bonds is 16. The average Bonchev–Trinajstić information content (AvgIpc) is 3.53. The molecule has 2 N–H and O–H groups in total. The Labute approximate surface area is 276 Å². The maximum atomic E-state index is 12.5. The molecule has 46 heavy (non-hydrogen) atoms. The molecule has 8 nitrogen and oxygen atoms in total. The summed E-state index contributed by atoms with van der Waals surface area (Å²) in [5.74, 6) is 0.561. The highest BCUT2D eigenvalue weighted by Gasteiger charge is 2.48. The third-order valence-electron chi connectivity index (χ3n) is 10.9. The summed E-state index contributed by atoms with van der Waals surface area (Å²) in [5.41, 5.74) is 4.88. The minimum atomic E-state index is -0.386. The molecule has 4 aliphatic rings. The summed E-state index contributed by atoms with van der Waals surface area (Å²) in [6, 6.07) is -0.208. The van der Waals surface area contributed by atoms with Crippen LogP contribution in [0.25, 0.3) is 0 Å². The number of carbonyl (C=O) groups excluding carboxylic acids is 4. The number of nitrogens with one attached hydrogen (secondary N) is 2. The van der Waals surface area contributed by atoms with Gasteiger partial charge in [0.05, 0.1) is 12.7 Å². The number of allylic oxidation sites excluding steroid dienone is 5. The quantitative estimate of drug-likeness (QED) is 0.149. The van der Waals surface area contributed by atoms with Crippen molar-refractivity contribution >= 4 is 23.6 Å². The smallest absolute Gasteiger partial charge is 0.253 e. The molecule has 3 saturated carbocycles. The highest BCUT2D eigenvalue weighted by Crippen LogP contribution is 2.58. The Morgan fingerprint density at radius 2 is 1.78 bits per heavy atom. The fraction of sp³-hybridized carbons (Fsp3) is 0.684. The zero-order valence-electron chi connectivity index (χ0n) is 28.5. The number of hydrogen-bond donors (Lipinski definition) is 2. The first-order valence-corrected chi connectivity index (χ1v) is 17.9. The van der Waals surface area contributed by atoms with Gasteiger partial charge < -0.3 is 15.4 Å². The Morgan fingerprint density at radius 3 is 2.54 bits per heavy atom. The second kappa shape index (κ2) is 17.2. The van der Waals surface area contributed by atoms with Crippen LogP contribution in [0.15, 0.2) is 47.6 Å². The number of hydrogen-bond acceptors (Lipinski definition) is 5. The van der Waals surface area contributed by atoms with Crippen molar-refractivity contribution < 1.29 is 23.9 Å². The standard InChI is InChI=1S/C38H57N3O5/c1-27-10-5-6-11-30(27)15-16-31-12-9-23-38(4)32(17-18-33(31)38)13-7-8-14-34(42)39-24-21-29(3)46-26-28(2)40-35(43)22-25-41-36(44)19-20-37(41)45/h15-16,19-20,28-29,32-33H,1,5-14,17-18,21-26H2,2-4H3,(H,39,42)(H,40,43)/b30-15-,31-16+. The van der Waals surface area contributed by atoms with Crippen LogP contribution in [0.3, 0.4) is 0 Å². The van der Waals surface area contributed by atoms with Gasteiger partial charge in [0.25, 0.3) is 11.8 Å². The summed E-state index contributed by atoms with van der Waals surface area (Å²) >= 11 is 0. The van der Waals surface area contributed by atoms with E-state index in [9.17, 15) is 19.2 Å². The normalized spacial score (nSPS) is 27.7. The van der Waals surface area contributed by atoms with Crippen molar-refractivity contribution in [2.75, 3.05) is 19.7 Å². The maximum Gasteiger partial charge on any atom is 0.253 e. The number of amides is 4. The van der Waals surface area contributed by atoms with Gasteiger partial charge in [-0.3, -0.25) is 24.1 Å². The zero-order chi connectivity index (χ0) is 33.1. The largest absolute Gasteiger partial charge is 0.376 e. The number of nitrogens with zero attached hydrogens (tertiary/aromatic N) is 1. The monoisotopic (exact) mass is 635 g/mol. The number of imide groups is 1. The van der Waals surface area contributed by atoms with Crippen LogP contribution >= 0.6 is 0 Å². The van der Waals surface area contributed by atoms with Crippen molar-refractivity contribution in [2.45, 2.75) is 129 Å². The van der Waals surface area contributed by atoms with Crippen LogP contribution in [0.5, 0.6) is 0 Å². The fourth-order valence-electron chi connectivity index (χ4n) is 8.05. The van der Waals surface area contributed by atoms with Crippen molar-refractivity contribution in [1.82, 2.24) is 15.5 Å². The Kier molecular flexibility index (Phi) is 13.4. The molecule has 0 bridgehead atoms. The average molecular weight is 636 g/mol. The molecule has 0 spiro atoms. The van der Waals surface area contributed by atoms with Crippen LogP contribution in [0, 0.1) is 17.3 Å². The van der Waals surface area contributed by atoms with E-state index in [0.717, 1.165) is 30.1 Å². The van der Waals surface area contributed by atoms with Crippen molar-refractivity contribution in [3.63, 3.8) is 0 Å². The molecule has 254 valence electrons. The number of ether oxygens (including phenoxy) is 1. The third-order valence-corrected chi connectivity index (χ3v) is 10.9. The molecule has 4 rings (SSSR count). The molecular weight excluding hydrogens is 578 g/mol. The van der Waals surface area contributed by atoms with Crippen LogP contribution in [-0.4, -0.2) is 60.4 Å². The van der Waals surface area contributed by atoms with Gasteiger partial charge in [-0.25, -0.2) is 0 Å². The molecule has 1 aliphatic heterocycles. The van der Waals surface area contributed by atoms with Crippen LogP contribution in [-0.2, 0) is 23.9 Å². The minimum absolute atomic E-state index is 0.0550.